The first-order chi connectivity index (χ1) is 11.6. The number of nitrogens with zero attached hydrogens (tertiary/aromatic N) is 1. The molecule has 0 aromatic heterocycles. The van der Waals surface area contributed by atoms with E-state index in [0.29, 0.717) is 12.1 Å². The van der Waals surface area contributed by atoms with Gasteiger partial charge in [0, 0.05) is 18.0 Å². The Morgan fingerprint density at radius 1 is 1.04 bits per heavy atom. The quantitative estimate of drug-likeness (QED) is 0.913. The molecule has 1 heterocycles. The van der Waals surface area contributed by atoms with Gasteiger partial charge in [0.1, 0.15) is 11.6 Å². The molecule has 0 amide bonds. The van der Waals surface area contributed by atoms with Crippen molar-refractivity contribution in [3.8, 4) is 0 Å². The lowest BCUT2D eigenvalue weighted by atomic mass is 9.72. The van der Waals surface area contributed by atoms with E-state index in [9.17, 15) is 13.9 Å². The molecule has 1 spiro atoms. The molecule has 1 aliphatic heterocycles. The molecular weight excluding hydrogens is 308 g/mol. The second-order valence-corrected chi connectivity index (χ2v) is 7.09. The third-order valence-corrected chi connectivity index (χ3v) is 5.68. The van der Waals surface area contributed by atoms with Crippen LogP contribution in [0.1, 0.15) is 29.5 Å². The summed E-state index contributed by atoms with van der Waals surface area (Å²) in [7, 11) is 0. The van der Waals surface area contributed by atoms with Gasteiger partial charge >= 0.3 is 0 Å². The first-order valence-electron chi connectivity index (χ1n) is 8.51. The zero-order chi connectivity index (χ0) is 16.7. The van der Waals surface area contributed by atoms with Crippen molar-refractivity contribution < 1.29 is 13.9 Å². The first kappa shape index (κ1) is 15.7. The Hall–Kier alpha value is -1.78. The van der Waals surface area contributed by atoms with Crippen LogP contribution in [0.3, 0.4) is 0 Å². The predicted molar refractivity (Wildman–Crippen MR) is 88.7 cm³/mol. The maximum absolute atomic E-state index is 13.3. The Morgan fingerprint density at radius 3 is 2.42 bits per heavy atom. The smallest absolute Gasteiger partial charge is 0.126 e. The molecule has 4 rings (SSSR count). The van der Waals surface area contributed by atoms with Crippen LogP contribution < -0.4 is 0 Å². The molecule has 0 radical (unpaired) electrons. The Morgan fingerprint density at radius 2 is 1.71 bits per heavy atom. The summed E-state index contributed by atoms with van der Waals surface area (Å²) in [5, 5.41) is 10.7. The van der Waals surface area contributed by atoms with E-state index in [2.05, 4.69) is 17.0 Å². The van der Waals surface area contributed by atoms with Gasteiger partial charge in [-0.3, -0.25) is 4.90 Å². The summed E-state index contributed by atoms with van der Waals surface area (Å²) in [6.07, 6.45) is 2.15. The molecule has 2 aliphatic rings. The Balaban J connectivity index is 1.49. The summed E-state index contributed by atoms with van der Waals surface area (Å²) in [5.41, 5.74) is 3.05. The van der Waals surface area contributed by atoms with Gasteiger partial charge in [-0.15, -0.1) is 0 Å². The number of halogens is 2. The van der Waals surface area contributed by atoms with Gasteiger partial charge in [0.05, 0.1) is 6.10 Å². The number of aliphatic hydroxyl groups is 1. The fourth-order valence-electron chi connectivity index (χ4n) is 4.44. The molecule has 1 fully saturated rings. The van der Waals surface area contributed by atoms with E-state index in [1.165, 1.54) is 23.3 Å². The van der Waals surface area contributed by atoms with Crippen LogP contribution in [-0.2, 0) is 18.4 Å². The minimum Gasteiger partial charge on any atom is -0.392 e. The minimum atomic E-state index is -0.529. The normalized spacial score (nSPS) is 22.7. The Labute approximate surface area is 140 Å². The third-order valence-electron chi connectivity index (χ3n) is 5.68. The van der Waals surface area contributed by atoms with Gasteiger partial charge in [-0.1, -0.05) is 24.3 Å². The molecule has 24 heavy (non-hydrogen) atoms. The van der Waals surface area contributed by atoms with Crippen LogP contribution in [0.25, 0.3) is 0 Å². The summed E-state index contributed by atoms with van der Waals surface area (Å²) in [6.45, 7) is 2.19. The van der Waals surface area contributed by atoms with Gasteiger partial charge < -0.3 is 5.11 Å². The fraction of sp³-hybridized carbons (Fsp3) is 0.400. The number of hydrogen-bond acceptors (Lipinski definition) is 2. The zero-order valence-electron chi connectivity index (χ0n) is 13.5. The molecule has 0 saturated carbocycles. The summed E-state index contributed by atoms with van der Waals surface area (Å²) in [6, 6.07) is 12.0. The minimum absolute atomic E-state index is 0.152. The molecule has 0 bridgehead atoms. The third kappa shape index (κ3) is 2.64. The number of aliphatic hydroxyl groups excluding tert-OH is 1. The average Bonchev–Trinajstić information content (AvgIpc) is 2.81. The molecule has 2 aromatic rings. The van der Waals surface area contributed by atoms with Gasteiger partial charge in [-0.2, -0.15) is 0 Å². The molecule has 1 saturated heterocycles. The standard InChI is InChI=1S/C20H21F2NO/c21-16-9-14(10-17(22)12-16)13-23-7-5-20(6-8-23)18-4-2-1-3-15(18)11-19(20)24/h1-4,9-10,12,19,24H,5-8,11,13H2. The number of rotatable bonds is 2. The van der Waals surface area contributed by atoms with Crippen LogP contribution in [0.5, 0.6) is 0 Å². The predicted octanol–water partition coefficient (Wildman–Crippen LogP) is 3.42. The topological polar surface area (TPSA) is 23.5 Å². The van der Waals surface area contributed by atoms with Crippen molar-refractivity contribution in [1.82, 2.24) is 4.90 Å². The average molecular weight is 329 g/mol. The van der Waals surface area contributed by atoms with E-state index in [4.69, 9.17) is 0 Å². The van der Waals surface area contributed by atoms with Crippen molar-refractivity contribution in [2.24, 2.45) is 0 Å². The molecule has 1 unspecified atom stereocenters. The van der Waals surface area contributed by atoms with E-state index >= 15 is 0 Å². The molecule has 1 atom stereocenters. The maximum Gasteiger partial charge on any atom is 0.126 e. The SMILES string of the molecule is OC1Cc2ccccc2C12CCN(Cc1cc(F)cc(F)c1)CC2. The Kier molecular flexibility index (Phi) is 3.89. The fourth-order valence-corrected chi connectivity index (χ4v) is 4.44. The van der Waals surface area contributed by atoms with Crippen molar-refractivity contribution in [2.45, 2.75) is 37.3 Å². The number of hydrogen-bond donors (Lipinski definition) is 1. The number of likely N-dealkylation sites (tertiary alicyclic amines) is 1. The lowest BCUT2D eigenvalue weighted by Gasteiger charge is -2.42. The van der Waals surface area contributed by atoms with Crippen molar-refractivity contribution in [3.63, 3.8) is 0 Å². The molecule has 126 valence electrons. The molecular formula is C20H21F2NO. The lowest BCUT2D eigenvalue weighted by Crippen LogP contribution is -2.47. The zero-order valence-corrected chi connectivity index (χ0v) is 13.5. The first-order valence-corrected chi connectivity index (χ1v) is 8.51. The highest BCUT2D eigenvalue weighted by Crippen LogP contribution is 2.46. The summed E-state index contributed by atoms with van der Waals surface area (Å²) in [5.74, 6) is -1.06. The van der Waals surface area contributed by atoms with Crippen molar-refractivity contribution in [1.29, 1.82) is 0 Å². The molecule has 2 aromatic carbocycles. The Bertz CT molecular complexity index is 733. The summed E-state index contributed by atoms with van der Waals surface area (Å²) >= 11 is 0. The second-order valence-electron chi connectivity index (χ2n) is 7.09. The summed E-state index contributed by atoms with van der Waals surface area (Å²) in [4.78, 5) is 2.22. The van der Waals surface area contributed by atoms with Crippen LogP contribution in [0.4, 0.5) is 8.78 Å². The van der Waals surface area contributed by atoms with Gasteiger partial charge in [-0.05, 0) is 61.2 Å². The van der Waals surface area contributed by atoms with Gasteiger partial charge in [-0.25, -0.2) is 8.78 Å². The highest BCUT2D eigenvalue weighted by Gasteiger charge is 2.47. The highest BCUT2D eigenvalue weighted by atomic mass is 19.1. The maximum atomic E-state index is 13.3. The number of benzene rings is 2. The molecule has 4 heteroatoms. The second kappa shape index (κ2) is 5.94. The summed E-state index contributed by atoms with van der Waals surface area (Å²) < 4.78 is 26.7. The van der Waals surface area contributed by atoms with E-state index < -0.39 is 11.6 Å². The van der Waals surface area contributed by atoms with Crippen LogP contribution >= 0.6 is 0 Å². The van der Waals surface area contributed by atoms with Crippen molar-refractivity contribution in [3.05, 3.63) is 70.8 Å². The van der Waals surface area contributed by atoms with Crippen LogP contribution in [0, 0.1) is 11.6 Å². The van der Waals surface area contributed by atoms with Gasteiger partial charge in [0.15, 0.2) is 0 Å². The van der Waals surface area contributed by atoms with Crippen molar-refractivity contribution >= 4 is 0 Å². The molecule has 1 N–H and O–H groups in total. The number of fused-ring (bicyclic) bond motifs is 2. The van der Waals surface area contributed by atoms with Gasteiger partial charge in [0.25, 0.3) is 0 Å². The monoisotopic (exact) mass is 329 g/mol. The van der Waals surface area contributed by atoms with E-state index in [1.807, 2.05) is 12.1 Å². The largest absolute Gasteiger partial charge is 0.392 e. The van der Waals surface area contributed by atoms with E-state index in [-0.39, 0.29) is 11.5 Å². The van der Waals surface area contributed by atoms with E-state index in [0.717, 1.165) is 38.4 Å². The van der Waals surface area contributed by atoms with Crippen LogP contribution in [0.15, 0.2) is 42.5 Å². The molecule has 2 nitrogen and oxygen atoms in total. The lowest BCUT2D eigenvalue weighted by molar-refractivity contribution is 0.0413. The van der Waals surface area contributed by atoms with E-state index in [1.54, 1.807) is 0 Å². The van der Waals surface area contributed by atoms with Gasteiger partial charge in [0.2, 0.25) is 0 Å². The van der Waals surface area contributed by atoms with Crippen LogP contribution in [-0.4, -0.2) is 29.2 Å². The van der Waals surface area contributed by atoms with Crippen LogP contribution in [0.2, 0.25) is 0 Å². The number of piperidine rings is 1. The molecule has 1 aliphatic carbocycles. The van der Waals surface area contributed by atoms with Crippen molar-refractivity contribution in [2.75, 3.05) is 13.1 Å². The highest BCUT2D eigenvalue weighted by molar-refractivity contribution is 5.42.